The van der Waals surface area contributed by atoms with Gasteiger partial charge in [-0.25, -0.2) is 9.78 Å². The van der Waals surface area contributed by atoms with Crippen molar-refractivity contribution >= 4 is 34.3 Å². The molecule has 7 heteroatoms. The van der Waals surface area contributed by atoms with E-state index in [2.05, 4.69) is 34.2 Å². The molecule has 0 unspecified atom stereocenters. The van der Waals surface area contributed by atoms with Gasteiger partial charge in [0.15, 0.2) is 5.13 Å². The first-order valence-corrected chi connectivity index (χ1v) is 12.7. The van der Waals surface area contributed by atoms with E-state index in [4.69, 9.17) is 0 Å². The average Bonchev–Trinajstić information content (AvgIpc) is 3.02. The third-order valence-electron chi connectivity index (χ3n) is 5.91. The van der Waals surface area contributed by atoms with Crippen LogP contribution in [-0.4, -0.2) is 59.3 Å². The molecule has 2 fully saturated rings. The molecular formula is C21H36N4OS2. The summed E-state index contributed by atoms with van der Waals surface area (Å²) in [6.07, 6.45) is 12.3. The van der Waals surface area contributed by atoms with E-state index >= 15 is 0 Å². The summed E-state index contributed by atoms with van der Waals surface area (Å²) in [5.41, 5.74) is 1.03. The molecule has 0 aromatic carbocycles. The highest BCUT2D eigenvalue weighted by Gasteiger charge is 2.33. The fourth-order valence-electron chi connectivity index (χ4n) is 4.39. The second-order valence-corrected chi connectivity index (χ2v) is 10.8. The SMILES string of the molecule is Cc1nc(NC(=O)N(C2CCCCC2)C2CCCCC2)sc1SCCN(C)C. The smallest absolute Gasteiger partial charge is 0.319 e. The van der Waals surface area contributed by atoms with Crippen LogP contribution in [0.5, 0.6) is 0 Å². The molecule has 3 rings (SSSR count). The number of nitrogens with one attached hydrogen (secondary N) is 1. The van der Waals surface area contributed by atoms with Crippen LogP contribution in [0.25, 0.3) is 0 Å². The van der Waals surface area contributed by atoms with E-state index in [-0.39, 0.29) is 6.03 Å². The van der Waals surface area contributed by atoms with Crippen LogP contribution >= 0.6 is 23.1 Å². The van der Waals surface area contributed by atoms with Crippen LogP contribution in [0.3, 0.4) is 0 Å². The molecular weight excluding hydrogens is 388 g/mol. The largest absolute Gasteiger partial charge is 0.324 e. The van der Waals surface area contributed by atoms with Crippen molar-refractivity contribution in [3.63, 3.8) is 0 Å². The van der Waals surface area contributed by atoms with E-state index in [0.29, 0.717) is 12.1 Å². The quantitative estimate of drug-likeness (QED) is 0.578. The number of carbonyl (C=O) groups excluding carboxylic acids is 1. The average molecular weight is 425 g/mol. The highest BCUT2D eigenvalue weighted by molar-refractivity contribution is 8.01. The summed E-state index contributed by atoms with van der Waals surface area (Å²) in [4.78, 5) is 22.4. The molecule has 0 bridgehead atoms. The van der Waals surface area contributed by atoms with Crippen LogP contribution in [0.1, 0.15) is 69.9 Å². The molecule has 1 N–H and O–H groups in total. The molecule has 2 aliphatic rings. The number of nitrogens with zero attached hydrogens (tertiary/aromatic N) is 3. The van der Waals surface area contributed by atoms with Gasteiger partial charge in [0, 0.05) is 24.4 Å². The Morgan fingerprint density at radius 1 is 1.07 bits per heavy atom. The van der Waals surface area contributed by atoms with Crippen molar-refractivity contribution in [3.8, 4) is 0 Å². The summed E-state index contributed by atoms with van der Waals surface area (Å²) in [5.74, 6) is 1.04. The van der Waals surface area contributed by atoms with Gasteiger partial charge in [0.05, 0.1) is 9.90 Å². The van der Waals surface area contributed by atoms with Crippen molar-refractivity contribution in [2.75, 3.05) is 31.7 Å². The van der Waals surface area contributed by atoms with E-state index in [1.54, 1.807) is 11.3 Å². The zero-order chi connectivity index (χ0) is 19.9. The van der Waals surface area contributed by atoms with Crippen LogP contribution in [0.15, 0.2) is 4.21 Å². The fraction of sp³-hybridized carbons (Fsp3) is 0.810. The number of hydrogen-bond donors (Lipinski definition) is 1. The Hall–Kier alpha value is -0.790. The number of aryl methyl sites for hydroxylation is 1. The summed E-state index contributed by atoms with van der Waals surface area (Å²) in [7, 11) is 4.19. The van der Waals surface area contributed by atoms with Crippen molar-refractivity contribution in [2.45, 2.75) is 87.4 Å². The lowest BCUT2D eigenvalue weighted by atomic mass is 9.89. The van der Waals surface area contributed by atoms with Gasteiger partial charge in [-0.15, -0.1) is 11.8 Å². The molecule has 2 amide bonds. The second-order valence-electron chi connectivity index (χ2n) is 8.46. The predicted molar refractivity (Wildman–Crippen MR) is 121 cm³/mol. The normalized spacial score (nSPS) is 19.1. The monoisotopic (exact) mass is 424 g/mol. The first-order chi connectivity index (χ1) is 13.5. The zero-order valence-electron chi connectivity index (χ0n) is 17.7. The van der Waals surface area contributed by atoms with Gasteiger partial charge in [0.1, 0.15) is 0 Å². The lowest BCUT2D eigenvalue weighted by Gasteiger charge is -2.41. The van der Waals surface area contributed by atoms with Crippen LogP contribution in [0, 0.1) is 6.92 Å². The number of urea groups is 1. The van der Waals surface area contributed by atoms with E-state index in [1.807, 2.05) is 18.7 Å². The van der Waals surface area contributed by atoms with Crippen LogP contribution in [-0.2, 0) is 0 Å². The van der Waals surface area contributed by atoms with Gasteiger partial charge in [0.25, 0.3) is 0 Å². The number of aromatic nitrogens is 1. The molecule has 1 heterocycles. The Kier molecular flexibility index (Phi) is 8.48. The molecule has 0 radical (unpaired) electrons. The molecule has 5 nitrogen and oxygen atoms in total. The Morgan fingerprint density at radius 2 is 1.64 bits per heavy atom. The third-order valence-corrected chi connectivity index (χ3v) is 8.33. The number of amides is 2. The minimum Gasteiger partial charge on any atom is -0.319 e. The van der Waals surface area contributed by atoms with Crippen LogP contribution < -0.4 is 5.32 Å². The molecule has 1 aromatic rings. The topological polar surface area (TPSA) is 48.5 Å². The highest BCUT2D eigenvalue weighted by Crippen LogP contribution is 2.34. The van der Waals surface area contributed by atoms with Crippen molar-refractivity contribution in [2.24, 2.45) is 0 Å². The molecule has 0 spiro atoms. The molecule has 1 aromatic heterocycles. The van der Waals surface area contributed by atoms with Gasteiger partial charge in [0.2, 0.25) is 0 Å². The van der Waals surface area contributed by atoms with Gasteiger partial charge in [-0.2, -0.15) is 0 Å². The Labute approximate surface area is 178 Å². The Bertz CT molecular complexity index is 604. The highest BCUT2D eigenvalue weighted by atomic mass is 32.2. The van der Waals surface area contributed by atoms with Crippen LogP contribution in [0.4, 0.5) is 9.93 Å². The lowest BCUT2D eigenvalue weighted by Crippen LogP contribution is -2.50. The standard InChI is InChI=1S/C21H36N4OS2/c1-16-19(27-15-14-24(2)3)28-20(22-16)23-21(26)25(17-10-6-4-7-11-17)18-12-8-5-9-13-18/h17-18H,4-15H2,1-3H3,(H,22,23,26). The molecule has 2 saturated carbocycles. The maximum absolute atomic E-state index is 13.3. The van der Waals surface area contributed by atoms with Crippen molar-refractivity contribution in [1.29, 1.82) is 0 Å². The number of carbonyl (C=O) groups is 1. The van der Waals surface area contributed by atoms with Crippen LogP contribution in [0.2, 0.25) is 0 Å². The predicted octanol–water partition coefficient (Wildman–Crippen LogP) is 5.60. The molecule has 28 heavy (non-hydrogen) atoms. The summed E-state index contributed by atoms with van der Waals surface area (Å²) >= 11 is 3.46. The maximum atomic E-state index is 13.3. The third kappa shape index (κ3) is 6.10. The number of thiazole rings is 1. The number of hydrogen-bond acceptors (Lipinski definition) is 5. The fourth-order valence-corrected chi connectivity index (χ4v) is 6.70. The number of anilines is 1. The van der Waals surface area contributed by atoms with E-state index < -0.39 is 0 Å². The van der Waals surface area contributed by atoms with Crippen molar-refractivity contribution < 1.29 is 4.79 Å². The first-order valence-electron chi connectivity index (χ1n) is 10.9. The zero-order valence-corrected chi connectivity index (χ0v) is 19.3. The number of thioether (sulfide) groups is 1. The molecule has 0 saturated heterocycles. The summed E-state index contributed by atoms with van der Waals surface area (Å²) in [6.45, 7) is 3.09. The first kappa shape index (κ1) is 21.9. The number of rotatable bonds is 7. The summed E-state index contributed by atoms with van der Waals surface area (Å²) in [6, 6.07) is 0.899. The molecule has 0 aliphatic heterocycles. The summed E-state index contributed by atoms with van der Waals surface area (Å²) in [5, 5.41) is 3.92. The van der Waals surface area contributed by atoms with Gasteiger partial charge in [-0.1, -0.05) is 49.9 Å². The van der Waals surface area contributed by atoms with Gasteiger partial charge in [-0.3, -0.25) is 5.32 Å². The molecule has 0 atom stereocenters. The van der Waals surface area contributed by atoms with Crippen molar-refractivity contribution in [1.82, 2.24) is 14.8 Å². The summed E-state index contributed by atoms with van der Waals surface area (Å²) < 4.78 is 1.22. The minimum absolute atomic E-state index is 0.0809. The van der Waals surface area contributed by atoms with E-state index in [0.717, 1.165) is 48.8 Å². The van der Waals surface area contributed by atoms with Gasteiger partial charge >= 0.3 is 6.03 Å². The maximum Gasteiger partial charge on any atom is 0.324 e. The van der Waals surface area contributed by atoms with E-state index in [1.165, 1.54) is 42.7 Å². The Balaban J connectivity index is 1.65. The van der Waals surface area contributed by atoms with Crippen molar-refractivity contribution in [3.05, 3.63) is 5.69 Å². The molecule has 2 aliphatic carbocycles. The molecule has 158 valence electrons. The second kappa shape index (κ2) is 10.8. The van der Waals surface area contributed by atoms with Gasteiger partial charge in [-0.05, 0) is 46.7 Å². The Morgan fingerprint density at radius 3 is 2.18 bits per heavy atom. The minimum atomic E-state index is 0.0809. The lowest BCUT2D eigenvalue weighted by molar-refractivity contribution is 0.114. The van der Waals surface area contributed by atoms with E-state index in [9.17, 15) is 4.79 Å². The van der Waals surface area contributed by atoms with Gasteiger partial charge < -0.3 is 9.80 Å².